The molecular formula is C25H30N4O4S. The van der Waals surface area contributed by atoms with Gasteiger partial charge < -0.3 is 10.2 Å². The molecule has 0 aliphatic carbocycles. The number of carbonyl (C=O) groups excluding carboxylic acids is 2. The number of likely N-dealkylation sites (tertiary alicyclic amines) is 1. The number of hydrogen-bond donors (Lipinski definition) is 2. The van der Waals surface area contributed by atoms with Crippen LogP contribution in [0.15, 0.2) is 58.4 Å². The molecule has 1 unspecified atom stereocenters. The summed E-state index contributed by atoms with van der Waals surface area (Å²) >= 11 is 0. The third-order valence-electron chi connectivity index (χ3n) is 6.12. The lowest BCUT2D eigenvalue weighted by atomic mass is 10.1. The maximum absolute atomic E-state index is 12.8. The molecule has 9 heteroatoms. The number of aliphatic imine (C=N–C) groups is 1. The molecule has 1 fully saturated rings. The number of amidine groups is 1. The van der Waals surface area contributed by atoms with Gasteiger partial charge in [0.05, 0.1) is 10.8 Å². The molecule has 0 spiro atoms. The Bertz CT molecular complexity index is 1190. The normalized spacial score (nSPS) is 18.9. The number of nitrogens with one attached hydrogen (secondary N) is 2. The van der Waals surface area contributed by atoms with Gasteiger partial charge in [0, 0.05) is 38.2 Å². The van der Waals surface area contributed by atoms with Gasteiger partial charge in [-0.1, -0.05) is 42.3 Å². The molecule has 2 N–H and O–H groups in total. The highest BCUT2D eigenvalue weighted by molar-refractivity contribution is 7.90. The van der Waals surface area contributed by atoms with Gasteiger partial charge in [0.1, 0.15) is 5.84 Å². The summed E-state index contributed by atoms with van der Waals surface area (Å²) in [4.78, 5) is 31.4. The summed E-state index contributed by atoms with van der Waals surface area (Å²) in [5.74, 6) is -0.373. The van der Waals surface area contributed by atoms with Crippen LogP contribution in [-0.4, -0.2) is 44.1 Å². The van der Waals surface area contributed by atoms with Crippen LogP contribution in [0.5, 0.6) is 0 Å². The third-order valence-corrected chi connectivity index (χ3v) is 7.50. The van der Waals surface area contributed by atoms with E-state index in [-0.39, 0.29) is 23.1 Å². The highest BCUT2D eigenvalue weighted by Crippen LogP contribution is 2.23. The number of amides is 2. The molecule has 1 atom stereocenters. The number of aryl methyl sites for hydroxylation is 1. The van der Waals surface area contributed by atoms with Crippen LogP contribution in [0.25, 0.3) is 0 Å². The number of anilines is 1. The fourth-order valence-corrected chi connectivity index (χ4v) is 5.31. The Hall–Kier alpha value is -3.20. The maximum Gasteiger partial charge on any atom is 0.262 e. The van der Waals surface area contributed by atoms with Crippen LogP contribution >= 0.6 is 0 Å². The van der Waals surface area contributed by atoms with Crippen molar-refractivity contribution in [1.82, 2.24) is 9.62 Å². The average molecular weight is 483 g/mol. The van der Waals surface area contributed by atoms with E-state index < -0.39 is 15.9 Å². The topological polar surface area (TPSA) is 108 Å². The first-order chi connectivity index (χ1) is 16.3. The van der Waals surface area contributed by atoms with Crippen molar-refractivity contribution in [2.24, 2.45) is 10.9 Å². The smallest absolute Gasteiger partial charge is 0.262 e. The van der Waals surface area contributed by atoms with Crippen LogP contribution < -0.4 is 10.0 Å². The van der Waals surface area contributed by atoms with Crippen molar-refractivity contribution in [2.75, 3.05) is 18.4 Å². The van der Waals surface area contributed by atoms with Crippen molar-refractivity contribution in [3.05, 3.63) is 59.7 Å². The minimum atomic E-state index is -3.80. The first-order valence-corrected chi connectivity index (χ1v) is 13.1. The number of benzene rings is 2. The zero-order valence-corrected chi connectivity index (χ0v) is 20.1. The molecule has 2 aromatic carbocycles. The molecule has 4 rings (SSSR count). The van der Waals surface area contributed by atoms with Gasteiger partial charge in [-0.3, -0.25) is 19.3 Å². The molecule has 2 aliphatic heterocycles. The zero-order chi connectivity index (χ0) is 24.1. The van der Waals surface area contributed by atoms with Crippen molar-refractivity contribution in [1.29, 1.82) is 0 Å². The molecule has 34 heavy (non-hydrogen) atoms. The standard InChI is InChI=1S/C25H30N4O4S/c1-18-9-11-19(12-10-18)16-29-17-20(14-24(29)30)25(31)27-21-6-5-7-22(15-21)34(32,33)28-23-8-3-2-4-13-26-23/h5-7,9-12,15,20H,2-4,8,13-14,16-17H2,1H3,(H,26,28)(H,27,31). The van der Waals surface area contributed by atoms with E-state index in [2.05, 4.69) is 15.0 Å². The van der Waals surface area contributed by atoms with E-state index in [1.54, 1.807) is 17.0 Å². The summed E-state index contributed by atoms with van der Waals surface area (Å²) in [6.45, 7) is 3.42. The van der Waals surface area contributed by atoms with Crippen LogP contribution in [0.1, 0.15) is 43.2 Å². The molecule has 0 bridgehead atoms. The van der Waals surface area contributed by atoms with Crippen LogP contribution in [-0.2, 0) is 26.2 Å². The van der Waals surface area contributed by atoms with Gasteiger partial charge in [0.2, 0.25) is 11.8 Å². The van der Waals surface area contributed by atoms with E-state index in [9.17, 15) is 18.0 Å². The Labute approximate surface area is 200 Å². The summed E-state index contributed by atoms with van der Waals surface area (Å²) < 4.78 is 28.2. The van der Waals surface area contributed by atoms with Crippen LogP contribution in [0, 0.1) is 12.8 Å². The van der Waals surface area contributed by atoms with E-state index in [0.717, 1.165) is 30.4 Å². The monoisotopic (exact) mass is 482 g/mol. The van der Waals surface area contributed by atoms with E-state index in [1.807, 2.05) is 31.2 Å². The highest BCUT2D eigenvalue weighted by atomic mass is 32.2. The Balaban J connectivity index is 1.38. The molecule has 0 aromatic heterocycles. The molecule has 180 valence electrons. The molecule has 2 amide bonds. The fourth-order valence-electron chi connectivity index (χ4n) is 4.17. The molecule has 8 nitrogen and oxygen atoms in total. The Morgan fingerprint density at radius 3 is 2.71 bits per heavy atom. The SMILES string of the molecule is Cc1ccc(CN2CC(C(=O)Nc3cccc(S(=O)(=O)NC4=NCCCCC4)c3)CC2=O)cc1. The summed E-state index contributed by atoms with van der Waals surface area (Å²) in [6.07, 6.45) is 3.63. The average Bonchev–Trinajstić information content (AvgIpc) is 2.99. The van der Waals surface area contributed by atoms with E-state index in [4.69, 9.17) is 0 Å². The maximum atomic E-state index is 12.8. The van der Waals surface area contributed by atoms with Crippen molar-refractivity contribution in [3.63, 3.8) is 0 Å². The molecule has 2 aromatic rings. The summed E-state index contributed by atoms with van der Waals surface area (Å²) in [5.41, 5.74) is 2.54. The van der Waals surface area contributed by atoms with Crippen molar-refractivity contribution in [2.45, 2.75) is 50.5 Å². The van der Waals surface area contributed by atoms with Gasteiger partial charge in [-0.15, -0.1) is 0 Å². The van der Waals surface area contributed by atoms with Crippen LogP contribution in [0.2, 0.25) is 0 Å². The van der Waals surface area contributed by atoms with Crippen LogP contribution in [0.4, 0.5) is 5.69 Å². The van der Waals surface area contributed by atoms with Gasteiger partial charge in [-0.2, -0.15) is 0 Å². The van der Waals surface area contributed by atoms with Crippen molar-refractivity contribution >= 4 is 33.4 Å². The lowest BCUT2D eigenvalue weighted by Crippen LogP contribution is -2.31. The summed E-state index contributed by atoms with van der Waals surface area (Å²) in [7, 11) is -3.80. The highest BCUT2D eigenvalue weighted by Gasteiger charge is 2.34. The van der Waals surface area contributed by atoms with Gasteiger partial charge in [0.25, 0.3) is 10.0 Å². The molecular weight excluding hydrogens is 452 g/mol. The van der Waals surface area contributed by atoms with Gasteiger partial charge in [-0.25, -0.2) is 8.42 Å². The largest absolute Gasteiger partial charge is 0.338 e. The van der Waals surface area contributed by atoms with Gasteiger partial charge in [-0.05, 0) is 43.5 Å². The number of sulfonamides is 1. The number of hydrogen-bond acceptors (Lipinski definition) is 5. The second kappa shape index (κ2) is 10.4. The predicted octanol–water partition coefficient (Wildman–Crippen LogP) is 3.23. The van der Waals surface area contributed by atoms with Gasteiger partial charge >= 0.3 is 0 Å². The quantitative estimate of drug-likeness (QED) is 0.659. The van der Waals surface area contributed by atoms with E-state index in [0.29, 0.717) is 37.6 Å². The molecule has 1 saturated heterocycles. The second-order valence-corrected chi connectivity index (χ2v) is 10.6. The summed E-state index contributed by atoms with van der Waals surface area (Å²) in [6, 6.07) is 14.1. The minimum absolute atomic E-state index is 0.0562. The number of carbonyl (C=O) groups is 2. The molecule has 0 saturated carbocycles. The third kappa shape index (κ3) is 6.02. The molecule has 2 heterocycles. The number of nitrogens with zero attached hydrogens (tertiary/aromatic N) is 2. The Morgan fingerprint density at radius 1 is 1.12 bits per heavy atom. The van der Waals surface area contributed by atoms with Crippen molar-refractivity contribution < 1.29 is 18.0 Å². The summed E-state index contributed by atoms with van der Waals surface area (Å²) in [5, 5.41) is 2.78. The molecule has 0 radical (unpaired) electrons. The lowest BCUT2D eigenvalue weighted by molar-refractivity contribution is -0.128. The Morgan fingerprint density at radius 2 is 1.91 bits per heavy atom. The number of rotatable bonds is 6. The van der Waals surface area contributed by atoms with Gasteiger partial charge in [0.15, 0.2) is 0 Å². The first kappa shape index (κ1) is 23.9. The second-order valence-electron chi connectivity index (χ2n) is 8.92. The molecule has 2 aliphatic rings. The zero-order valence-electron chi connectivity index (χ0n) is 19.3. The fraction of sp³-hybridized carbons (Fsp3) is 0.400. The van der Waals surface area contributed by atoms with Crippen LogP contribution in [0.3, 0.4) is 0 Å². The van der Waals surface area contributed by atoms with E-state index >= 15 is 0 Å². The van der Waals surface area contributed by atoms with E-state index in [1.165, 1.54) is 12.1 Å². The van der Waals surface area contributed by atoms with Crippen molar-refractivity contribution in [3.8, 4) is 0 Å². The first-order valence-electron chi connectivity index (χ1n) is 11.6. The predicted molar refractivity (Wildman–Crippen MR) is 131 cm³/mol. The Kier molecular flexibility index (Phi) is 7.31. The minimum Gasteiger partial charge on any atom is -0.338 e. The lowest BCUT2D eigenvalue weighted by Gasteiger charge is -2.17.